The molecule has 14 heavy (non-hydrogen) atoms. The standard InChI is InChI=1S/C13H19.Ti/c1-4-11-9(2)12-7-5-6-8-13(12)10(11)3;/h7,10H,4-6,8H2,1-3H3;. The van der Waals surface area contributed by atoms with E-state index in [9.17, 15) is 0 Å². The van der Waals surface area contributed by atoms with Gasteiger partial charge in [-0.1, -0.05) is 0 Å². The zero-order valence-electron chi connectivity index (χ0n) is 9.48. The molecule has 0 nitrogen and oxygen atoms in total. The summed E-state index contributed by atoms with van der Waals surface area (Å²) >= 11 is 2.41. The van der Waals surface area contributed by atoms with Crippen LogP contribution in [0.25, 0.3) is 0 Å². The Hall–Kier alpha value is 0.194. The van der Waals surface area contributed by atoms with Gasteiger partial charge in [0.2, 0.25) is 0 Å². The Bertz CT molecular complexity index is 309. The van der Waals surface area contributed by atoms with Gasteiger partial charge in [-0.3, -0.25) is 0 Å². The van der Waals surface area contributed by atoms with E-state index in [1.165, 1.54) is 25.7 Å². The first-order valence-electron chi connectivity index (χ1n) is 5.80. The van der Waals surface area contributed by atoms with E-state index in [-0.39, 0.29) is 0 Å². The van der Waals surface area contributed by atoms with Gasteiger partial charge in [-0.2, -0.15) is 0 Å². The second-order valence-corrected chi connectivity index (χ2v) is 5.70. The fourth-order valence-corrected chi connectivity index (χ4v) is 4.18. The summed E-state index contributed by atoms with van der Waals surface area (Å²) in [6.45, 7) is 7.06. The maximum absolute atomic E-state index is 2.41. The monoisotopic (exact) mass is 223 g/mol. The van der Waals surface area contributed by atoms with Crippen molar-refractivity contribution in [3.05, 3.63) is 22.3 Å². The van der Waals surface area contributed by atoms with E-state index in [0.717, 1.165) is 10.1 Å². The molecule has 2 atom stereocenters. The summed E-state index contributed by atoms with van der Waals surface area (Å²) < 4.78 is 0.824. The number of hydrogen-bond acceptors (Lipinski definition) is 0. The second kappa shape index (κ2) is 3.98. The summed E-state index contributed by atoms with van der Waals surface area (Å²) in [6.07, 6.45) is 5.42. The molecule has 0 aromatic heterocycles. The minimum atomic E-state index is 0.762. The van der Waals surface area contributed by atoms with Gasteiger partial charge in [-0.25, -0.2) is 0 Å². The van der Waals surface area contributed by atoms with Crippen molar-refractivity contribution in [3.63, 3.8) is 0 Å². The molecule has 0 aromatic carbocycles. The first-order valence-corrected chi connectivity index (χ1v) is 6.71. The molecule has 2 unspecified atom stereocenters. The molecule has 0 amide bonds. The molecule has 0 saturated carbocycles. The van der Waals surface area contributed by atoms with E-state index in [4.69, 9.17) is 0 Å². The summed E-state index contributed by atoms with van der Waals surface area (Å²) in [5, 5.41) is 0. The number of allylic oxidation sites excluding steroid dienone is 4. The van der Waals surface area contributed by atoms with Crippen LogP contribution in [0.1, 0.15) is 46.5 Å². The number of hydrogen-bond donors (Lipinski definition) is 0. The molecule has 0 fully saturated rings. The molecule has 0 N–H and O–H groups in total. The Labute approximate surface area is 99.3 Å². The van der Waals surface area contributed by atoms with Crippen molar-refractivity contribution in [2.24, 2.45) is 5.92 Å². The molecule has 0 aliphatic heterocycles. The molecular weight excluding hydrogens is 204 g/mol. The molecule has 0 heterocycles. The molecule has 0 saturated heterocycles. The van der Waals surface area contributed by atoms with Crippen LogP contribution in [0.3, 0.4) is 0 Å². The van der Waals surface area contributed by atoms with E-state index >= 15 is 0 Å². The van der Waals surface area contributed by atoms with Crippen LogP contribution in [-0.2, 0) is 20.4 Å². The van der Waals surface area contributed by atoms with Crippen LogP contribution in [0.5, 0.6) is 0 Å². The van der Waals surface area contributed by atoms with E-state index in [0.29, 0.717) is 0 Å². The normalized spacial score (nSPS) is 32.4. The van der Waals surface area contributed by atoms with Gasteiger partial charge < -0.3 is 0 Å². The Kier molecular flexibility index (Phi) is 3.05. The van der Waals surface area contributed by atoms with Crippen molar-refractivity contribution < 1.29 is 20.4 Å². The van der Waals surface area contributed by atoms with Crippen LogP contribution >= 0.6 is 0 Å². The molecule has 2 rings (SSSR count). The van der Waals surface area contributed by atoms with E-state index < -0.39 is 0 Å². The van der Waals surface area contributed by atoms with Gasteiger partial charge in [0.15, 0.2) is 0 Å². The third-order valence-electron chi connectivity index (χ3n) is 3.95. The molecule has 0 radical (unpaired) electrons. The quantitative estimate of drug-likeness (QED) is 0.585. The van der Waals surface area contributed by atoms with Crippen LogP contribution in [-0.4, -0.2) is 0 Å². The molecule has 2 aliphatic carbocycles. The Morgan fingerprint density at radius 1 is 1.43 bits per heavy atom. The third kappa shape index (κ3) is 1.47. The molecule has 0 aromatic rings. The maximum atomic E-state index is 2.41. The van der Waals surface area contributed by atoms with E-state index in [2.05, 4.69) is 41.2 Å². The topological polar surface area (TPSA) is 0 Å². The van der Waals surface area contributed by atoms with Crippen LogP contribution in [0, 0.1) is 5.92 Å². The molecule has 1 heteroatoms. The predicted octanol–water partition coefficient (Wildman–Crippen LogP) is 4.18. The van der Waals surface area contributed by atoms with Gasteiger partial charge in [0.25, 0.3) is 0 Å². The SMILES string of the molecule is CCC1=C(C)C2=C(CCC[CH]2[Ti])C1C. The van der Waals surface area contributed by atoms with E-state index in [1.807, 2.05) is 0 Å². The average Bonchev–Trinajstić information content (AvgIpc) is 2.41. The van der Waals surface area contributed by atoms with Gasteiger partial charge in [-0.05, 0) is 0 Å². The van der Waals surface area contributed by atoms with Crippen LogP contribution < -0.4 is 0 Å². The van der Waals surface area contributed by atoms with E-state index in [1.54, 1.807) is 22.3 Å². The fourth-order valence-electron chi connectivity index (χ4n) is 3.23. The zero-order valence-corrected chi connectivity index (χ0v) is 11.0. The van der Waals surface area contributed by atoms with Crippen molar-refractivity contribution in [3.8, 4) is 0 Å². The summed E-state index contributed by atoms with van der Waals surface area (Å²) in [7, 11) is 0. The third-order valence-corrected chi connectivity index (χ3v) is 4.85. The van der Waals surface area contributed by atoms with Gasteiger partial charge in [0.05, 0.1) is 0 Å². The molecule has 75 valence electrons. The van der Waals surface area contributed by atoms with Crippen LogP contribution in [0.15, 0.2) is 22.3 Å². The predicted molar refractivity (Wildman–Crippen MR) is 56.8 cm³/mol. The van der Waals surface area contributed by atoms with Crippen molar-refractivity contribution in [2.75, 3.05) is 0 Å². The first-order chi connectivity index (χ1) is 6.66. The summed E-state index contributed by atoms with van der Waals surface area (Å²) in [6, 6.07) is 0. The summed E-state index contributed by atoms with van der Waals surface area (Å²) in [5.74, 6) is 0.762. The average molecular weight is 223 g/mol. The van der Waals surface area contributed by atoms with Gasteiger partial charge in [-0.15, -0.1) is 0 Å². The Balaban J connectivity index is 2.42. The molecule has 2 aliphatic rings. The van der Waals surface area contributed by atoms with Crippen molar-refractivity contribution in [2.45, 2.75) is 50.7 Å². The fraction of sp³-hybridized carbons (Fsp3) is 0.692. The Morgan fingerprint density at radius 3 is 2.71 bits per heavy atom. The summed E-state index contributed by atoms with van der Waals surface area (Å²) in [5.41, 5.74) is 6.87. The first kappa shape index (κ1) is 10.7. The van der Waals surface area contributed by atoms with Crippen molar-refractivity contribution >= 4 is 0 Å². The zero-order chi connectivity index (χ0) is 10.3. The second-order valence-electron chi connectivity index (χ2n) is 4.61. The number of rotatable bonds is 1. The molecular formula is C13H19Ti. The Morgan fingerprint density at radius 2 is 2.14 bits per heavy atom. The van der Waals surface area contributed by atoms with Gasteiger partial charge in [0, 0.05) is 0 Å². The molecule has 0 bridgehead atoms. The van der Waals surface area contributed by atoms with Crippen molar-refractivity contribution in [1.29, 1.82) is 0 Å². The van der Waals surface area contributed by atoms with Gasteiger partial charge >= 0.3 is 99.3 Å². The van der Waals surface area contributed by atoms with Crippen molar-refractivity contribution in [1.82, 2.24) is 0 Å². The van der Waals surface area contributed by atoms with Gasteiger partial charge in [0.1, 0.15) is 0 Å². The summed E-state index contributed by atoms with van der Waals surface area (Å²) in [4.78, 5) is 0. The molecule has 0 spiro atoms. The van der Waals surface area contributed by atoms with Crippen LogP contribution in [0.2, 0.25) is 4.22 Å². The minimum absolute atomic E-state index is 0.762. The van der Waals surface area contributed by atoms with Crippen LogP contribution in [0.4, 0.5) is 0 Å².